The average Bonchev–Trinajstić information content (AvgIpc) is 2.64. The summed E-state index contributed by atoms with van der Waals surface area (Å²) in [5.41, 5.74) is 0.405. The van der Waals surface area contributed by atoms with Crippen molar-refractivity contribution in [3.05, 3.63) is 35.4 Å². The number of halogens is 4. The van der Waals surface area contributed by atoms with E-state index < -0.39 is 17.4 Å². The molecule has 1 aliphatic carbocycles. The molecule has 0 heterocycles. The minimum absolute atomic E-state index is 0.270. The average molecular weight is 387 g/mol. The Bertz CT molecular complexity index is 536. The Balaban J connectivity index is 1.78. The number of hydrogen-bond donors (Lipinski definition) is 0. The molecular weight excluding hydrogens is 352 g/mol. The number of hydrogen-bond acceptors (Lipinski definition) is 0. The molecule has 1 aliphatic rings. The van der Waals surface area contributed by atoms with Crippen molar-refractivity contribution in [1.29, 1.82) is 0 Å². The van der Waals surface area contributed by atoms with E-state index in [1.807, 2.05) is 0 Å². The monoisotopic (exact) mass is 386 g/mol. The highest BCUT2D eigenvalue weighted by Crippen LogP contribution is 2.43. The maximum Gasteiger partial charge on any atom is 0.335 e. The molecule has 1 aromatic carbocycles. The SMILES string of the molecule is CCCCCCCC[C@H]1CC[C@H](c2ccc(C(F)(F)C(C)(F)F)cc2)CC1. The Morgan fingerprint density at radius 2 is 1.37 bits per heavy atom. The Kier molecular flexibility index (Phi) is 8.18. The summed E-state index contributed by atoms with van der Waals surface area (Å²) in [5, 5.41) is 0. The summed E-state index contributed by atoms with van der Waals surface area (Å²) in [6, 6.07) is 5.59. The molecule has 1 saturated carbocycles. The van der Waals surface area contributed by atoms with Gasteiger partial charge in [-0.2, -0.15) is 17.6 Å². The highest BCUT2D eigenvalue weighted by molar-refractivity contribution is 5.29. The minimum atomic E-state index is -4.12. The van der Waals surface area contributed by atoms with E-state index in [4.69, 9.17) is 0 Å². The number of rotatable bonds is 10. The van der Waals surface area contributed by atoms with Crippen LogP contribution in [0.3, 0.4) is 0 Å². The van der Waals surface area contributed by atoms with Crippen molar-refractivity contribution in [1.82, 2.24) is 0 Å². The highest BCUT2D eigenvalue weighted by Gasteiger charge is 2.53. The second kappa shape index (κ2) is 9.93. The van der Waals surface area contributed by atoms with Gasteiger partial charge in [0, 0.05) is 12.5 Å². The summed E-state index contributed by atoms with van der Waals surface area (Å²) < 4.78 is 53.8. The Labute approximate surface area is 161 Å². The van der Waals surface area contributed by atoms with Crippen LogP contribution in [0.1, 0.15) is 102 Å². The summed E-state index contributed by atoms with van der Waals surface area (Å²) in [5.74, 6) is -7.02. The molecule has 0 N–H and O–H groups in total. The van der Waals surface area contributed by atoms with Crippen LogP contribution in [0.25, 0.3) is 0 Å². The molecule has 1 fully saturated rings. The first-order valence-electron chi connectivity index (χ1n) is 10.6. The van der Waals surface area contributed by atoms with Gasteiger partial charge in [0.05, 0.1) is 0 Å². The van der Waals surface area contributed by atoms with Crippen LogP contribution in [-0.4, -0.2) is 5.92 Å². The molecule has 27 heavy (non-hydrogen) atoms. The van der Waals surface area contributed by atoms with Crippen LogP contribution in [0, 0.1) is 5.92 Å². The molecule has 0 aliphatic heterocycles. The van der Waals surface area contributed by atoms with E-state index in [-0.39, 0.29) is 6.92 Å². The van der Waals surface area contributed by atoms with Gasteiger partial charge in [0.15, 0.2) is 0 Å². The minimum Gasteiger partial charge on any atom is -0.200 e. The van der Waals surface area contributed by atoms with E-state index in [1.54, 1.807) is 12.1 Å². The van der Waals surface area contributed by atoms with Crippen molar-refractivity contribution >= 4 is 0 Å². The molecule has 0 unspecified atom stereocenters. The molecule has 0 nitrogen and oxygen atoms in total. The quantitative estimate of drug-likeness (QED) is 0.279. The standard InChI is InChI=1S/C23H34F4/c1-3-4-5-6-7-8-9-18-10-12-19(13-11-18)20-14-16-21(17-15-20)23(26,27)22(2,24)25/h14-19H,3-13H2,1-2H3/t18-,19-. The van der Waals surface area contributed by atoms with Gasteiger partial charge in [0.25, 0.3) is 0 Å². The zero-order valence-electron chi connectivity index (χ0n) is 16.8. The lowest BCUT2D eigenvalue weighted by atomic mass is 9.77. The molecule has 154 valence electrons. The third kappa shape index (κ3) is 6.22. The molecule has 0 saturated heterocycles. The predicted molar refractivity (Wildman–Crippen MR) is 104 cm³/mol. The van der Waals surface area contributed by atoms with Crippen molar-refractivity contribution < 1.29 is 17.6 Å². The summed E-state index contributed by atoms with van der Waals surface area (Å²) in [7, 11) is 0. The molecule has 0 spiro atoms. The zero-order valence-corrected chi connectivity index (χ0v) is 16.8. The summed E-state index contributed by atoms with van der Waals surface area (Å²) in [6.07, 6.45) is 13.8. The van der Waals surface area contributed by atoms with Crippen molar-refractivity contribution in [3.8, 4) is 0 Å². The van der Waals surface area contributed by atoms with Crippen LogP contribution in [0.4, 0.5) is 17.6 Å². The first-order chi connectivity index (χ1) is 12.8. The van der Waals surface area contributed by atoms with Gasteiger partial charge >= 0.3 is 11.8 Å². The molecule has 0 atom stereocenters. The van der Waals surface area contributed by atoms with Crippen molar-refractivity contribution in [3.63, 3.8) is 0 Å². The normalized spacial score (nSPS) is 21.4. The van der Waals surface area contributed by atoms with E-state index in [0.29, 0.717) is 5.92 Å². The van der Waals surface area contributed by atoms with Crippen LogP contribution in [0.2, 0.25) is 0 Å². The fraction of sp³-hybridized carbons (Fsp3) is 0.739. The maximum absolute atomic E-state index is 13.8. The Morgan fingerprint density at radius 1 is 0.815 bits per heavy atom. The van der Waals surface area contributed by atoms with Gasteiger partial charge < -0.3 is 0 Å². The lowest BCUT2D eigenvalue weighted by Gasteiger charge is -2.29. The molecule has 1 aromatic rings. The summed E-state index contributed by atoms with van der Waals surface area (Å²) in [6.45, 7) is 2.50. The number of alkyl halides is 4. The van der Waals surface area contributed by atoms with Crippen LogP contribution >= 0.6 is 0 Å². The van der Waals surface area contributed by atoms with Crippen molar-refractivity contribution in [2.75, 3.05) is 0 Å². The van der Waals surface area contributed by atoms with E-state index in [2.05, 4.69) is 6.92 Å². The van der Waals surface area contributed by atoms with Crippen LogP contribution in [0.5, 0.6) is 0 Å². The van der Waals surface area contributed by atoms with E-state index >= 15 is 0 Å². The molecule has 0 bridgehead atoms. The van der Waals surface area contributed by atoms with Gasteiger partial charge in [-0.3, -0.25) is 0 Å². The molecule has 0 aromatic heterocycles. The first-order valence-corrected chi connectivity index (χ1v) is 10.6. The third-order valence-electron chi connectivity index (χ3n) is 6.11. The van der Waals surface area contributed by atoms with Crippen molar-refractivity contribution in [2.45, 2.75) is 102 Å². The van der Waals surface area contributed by atoms with Crippen LogP contribution < -0.4 is 0 Å². The van der Waals surface area contributed by atoms with Gasteiger partial charge in [0.2, 0.25) is 0 Å². The molecule has 0 amide bonds. The van der Waals surface area contributed by atoms with Gasteiger partial charge in [0.1, 0.15) is 0 Å². The highest BCUT2D eigenvalue weighted by atomic mass is 19.3. The summed E-state index contributed by atoms with van der Waals surface area (Å²) in [4.78, 5) is 0. The van der Waals surface area contributed by atoms with Gasteiger partial charge in [-0.15, -0.1) is 0 Å². The van der Waals surface area contributed by atoms with Crippen molar-refractivity contribution in [2.24, 2.45) is 5.92 Å². The summed E-state index contributed by atoms with van der Waals surface area (Å²) >= 11 is 0. The Morgan fingerprint density at radius 3 is 1.93 bits per heavy atom. The second-order valence-corrected chi connectivity index (χ2v) is 8.36. The maximum atomic E-state index is 13.8. The van der Waals surface area contributed by atoms with E-state index in [0.717, 1.165) is 24.3 Å². The molecule has 2 rings (SSSR count). The Hall–Kier alpha value is -1.06. The second-order valence-electron chi connectivity index (χ2n) is 8.36. The fourth-order valence-electron chi connectivity index (χ4n) is 4.22. The lowest BCUT2D eigenvalue weighted by molar-refractivity contribution is -0.204. The number of benzene rings is 1. The van der Waals surface area contributed by atoms with Crippen LogP contribution in [0.15, 0.2) is 24.3 Å². The molecule has 0 radical (unpaired) electrons. The smallest absolute Gasteiger partial charge is 0.200 e. The van der Waals surface area contributed by atoms with Crippen LogP contribution in [-0.2, 0) is 5.92 Å². The number of unbranched alkanes of at least 4 members (excludes halogenated alkanes) is 5. The lowest BCUT2D eigenvalue weighted by Crippen LogP contribution is -2.34. The predicted octanol–water partition coefficient (Wildman–Crippen LogP) is 8.46. The van der Waals surface area contributed by atoms with E-state index in [1.165, 1.54) is 69.9 Å². The molecule has 4 heteroatoms. The van der Waals surface area contributed by atoms with Gasteiger partial charge in [-0.05, 0) is 43.1 Å². The van der Waals surface area contributed by atoms with Gasteiger partial charge in [-0.25, -0.2) is 0 Å². The largest absolute Gasteiger partial charge is 0.335 e. The van der Waals surface area contributed by atoms with Gasteiger partial charge in [-0.1, -0.05) is 76.1 Å². The van der Waals surface area contributed by atoms with E-state index in [9.17, 15) is 17.6 Å². The topological polar surface area (TPSA) is 0 Å². The zero-order chi connectivity index (χ0) is 19.9. The first kappa shape index (κ1) is 22.2. The fourth-order valence-corrected chi connectivity index (χ4v) is 4.22. The third-order valence-corrected chi connectivity index (χ3v) is 6.11. The molecular formula is C23H34F4.